The minimum Gasteiger partial charge on any atom is -0.482 e. The van der Waals surface area contributed by atoms with Gasteiger partial charge in [0.25, 0.3) is 5.91 Å². The Hall–Kier alpha value is -2.64. The molecule has 1 heterocycles. The van der Waals surface area contributed by atoms with Gasteiger partial charge in [0.15, 0.2) is 6.61 Å². The summed E-state index contributed by atoms with van der Waals surface area (Å²) in [5, 5.41) is 7.85. The number of hydrogen-bond donors (Lipinski definition) is 2. The van der Waals surface area contributed by atoms with Crippen molar-refractivity contribution in [1.29, 1.82) is 0 Å². The predicted molar refractivity (Wildman–Crippen MR) is 87.3 cm³/mol. The number of nitrogens with one attached hydrogen (secondary N) is 1. The van der Waals surface area contributed by atoms with Crippen LogP contribution in [0.25, 0.3) is 12.2 Å². The van der Waals surface area contributed by atoms with Crippen LogP contribution in [0.3, 0.4) is 0 Å². The summed E-state index contributed by atoms with van der Waals surface area (Å²) in [6.07, 6.45) is 3.57. The smallest absolute Gasteiger partial charge is 0.262 e. The molecule has 1 amide bonds. The second kappa shape index (κ2) is 5.86. The molecule has 7 heteroatoms. The zero-order valence-electron chi connectivity index (χ0n) is 12.0. The summed E-state index contributed by atoms with van der Waals surface area (Å²) in [5.41, 5.74) is 2.16. The van der Waals surface area contributed by atoms with Crippen LogP contribution in [0.2, 0.25) is 0 Å². The average molecular weight is 330 g/mol. The van der Waals surface area contributed by atoms with E-state index in [9.17, 15) is 13.2 Å². The summed E-state index contributed by atoms with van der Waals surface area (Å²) in [7, 11) is -3.72. The van der Waals surface area contributed by atoms with Gasteiger partial charge in [-0.05, 0) is 35.4 Å². The van der Waals surface area contributed by atoms with Gasteiger partial charge in [-0.1, -0.05) is 30.4 Å². The summed E-state index contributed by atoms with van der Waals surface area (Å²) in [5.74, 6) is 0.428. The summed E-state index contributed by atoms with van der Waals surface area (Å²) < 4.78 is 28.0. The first-order chi connectivity index (χ1) is 10.9. The van der Waals surface area contributed by atoms with Crippen molar-refractivity contribution < 1.29 is 17.9 Å². The van der Waals surface area contributed by atoms with E-state index < -0.39 is 10.0 Å². The Bertz CT molecular complexity index is 904. The van der Waals surface area contributed by atoms with Gasteiger partial charge in [-0.3, -0.25) is 4.79 Å². The zero-order valence-corrected chi connectivity index (χ0v) is 12.8. The number of hydrogen-bond acceptors (Lipinski definition) is 4. The Labute approximate surface area is 133 Å². The van der Waals surface area contributed by atoms with Crippen molar-refractivity contribution >= 4 is 33.8 Å². The number of nitrogens with two attached hydrogens (primary N) is 1. The first-order valence-electron chi connectivity index (χ1n) is 6.79. The minimum absolute atomic E-state index is 0.0164. The predicted octanol–water partition coefficient (Wildman–Crippen LogP) is 1.84. The molecule has 0 saturated carbocycles. The number of ether oxygens (including phenoxy) is 1. The third kappa shape index (κ3) is 3.58. The molecule has 118 valence electrons. The van der Waals surface area contributed by atoms with E-state index in [1.807, 2.05) is 12.1 Å². The molecule has 1 aliphatic heterocycles. The van der Waals surface area contributed by atoms with Crippen LogP contribution in [0, 0.1) is 0 Å². The lowest BCUT2D eigenvalue weighted by Gasteiger charge is -2.17. The molecule has 0 aliphatic carbocycles. The molecule has 0 spiro atoms. The summed E-state index contributed by atoms with van der Waals surface area (Å²) in [6.45, 7) is 0.0164. The van der Waals surface area contributed by atoms with E-state index in [1.165, 1.54) is 12.1 Å². The van der Waals surface area contributed by atoms with E-state index in [4.69, 9.17) is 9.88 Å². The molecule has 0 bridgehead atoms. The molecule has 0 radical (unpaired) electrons. The number of fused-ring (bicyclic) bond motifs is 1. The van der Waals surface area contributed by atoms with E-state index in [1.54, 1.807) is 30.3 Å². The van der Waals surface area contributed by atoms with E-state index in [-0.39, 0.29) is 17.4 Å². The van der Waals surface area contributed by atoms with Crippen molar-refractivity contribution in [3.05, 3.63) is 53.6 Å². The maximum Gasteiger partial charge on any atom is 0.262 e. The maximum atomic E-state index is 11.4. The van der Waals surface area contributed by atoms with Crippen LogP contribution >= 0.6 is 0 Å². The molecule has 0 aromatic heterocycles. The molecule has 2 aromatic carbocycles. The fourth-order valence-corrected chi connectivity index (χ4v) is 2.76. The van der Waals surface area contributed by atoms with Gasteiger partial charge in [-0.25, -0.2) is 13.6 Å². The van der Waals surface area contributed by atoms with Gasteiger partial charge in [0.2, 0.25) is 10.0 Å². The third-order valence-corrected chi connectivity index (χ3v) is 4.20. The fraction of sp³-hybridized carbons (Fsp3) is 0.0625. The van der Waals surface area contributed by atoms with Crippen molar-refractivity contribution in [3.8, 4) is 5.75 Å². The normalized spacial score (nSPS) is 14.2. The number of amides is 1. The summed E-state index contributed by atoms with van der Waals surface area (Å²) in [6, 6.07) is 11.7. The number of anilines is 1. The molecule has 0 atom stereocenters. The number of carbonyl (C=O) groups is 1. The molecular weight excluding hydrogens is 316 g/mol. The SMILES string of the molecule is NS(=O)(=O)c1cccc(/C=C/c2ccc3c(c2)NC(=O)CO3)c1. The fourth-order valence-electron chi connectivity index (χ4n) is 2.19. The molecule has 0 unspecified atom stereocenters. The largest absolute Gasteiger partial charge is 0.482 e. The van der Waals surface area contributed by atoms with Gasteiger partial charge >= 0.3 is 0 Å². The first-order valence-corrected chi connectivity index (χ1v) is 8.34. The highest BCUT2D eigenvalue weighted by Gasteiger charge is 2.15. The summed E-state index contributed by atoms with van der Waals surface area (Å²) in [4.78, 5) is 11.4. The quantitative estimate of drug-likeness (QED) is 0.839. The Morgan fingerprint density at radius 3 is 2.57 bits per heavy atom. The molecule has 1 aliphatic rings. The molecular formula is C16H14N2O4S. The zero-order chi connectivity index (χ0) is 16.4. The highest BCUT2D eigenvalue weighted by atomic mass is 32.2. The van der Waals surface area contributed by atoms with Crippen LogP contribution in [-0.4, -0.2) is 20.9 Å². The van der Waals surface area contributed by atoms with E-state index >= 15 is 0 Å². The number of rotatable bonds is 3. The van der Waals surface area contributed by atoms with Crippen molar-refractivity contribution in [2.24, 2.45) is 5.14 Å². The Morgan fingerprint density at radius 1 is 1.09 bits per heavy atom. The second-order valence-electron chi connectivity index (χ2n) is 5.04. The van der Waals surface area contributed by atoms with Gasteiger partial charge in [-0.2, -0.15) is 0 Å². The second-order valence-corrected chi connectivity index (χ2v) is 6.60. The van der Waals surface area contributed by atoms with Gasteiger partial charge in [0.1, 0.15) is 5.75 Å². The van der Waals surface area contributed by atoms with Crippen molar-refractivity contribution in [1.82, 2.24) is 0 Å². The standard InChI is InChI=1S/C16H14N2O4S/c17-23(20,21)13-3-1-2-11(8-13)4-5-12-6-7-15-14(9-12)18-16(19)10-22-15/h1-9H,10H2,(H,18,19)(H2,17,20,21)/b5-4+. The summed E-state index contributed by atoms with van der Waals surface area (Å²) >= 11 is 0. The molecule has 2 aromatic rings. The Kier molecular flexibility index (Phi) is 3.89. The number of benzene rings is 2. The van der Waals surface area contributed by atoms with E-state index in [0.717, 1.165) is 5.56 Å². The topological polar surface area (TPSA) is 98.5 Å². The van der Waals surface area contributed by atoms with Crippen molar-refractivity contribution in [2.45, 2.75) is 4.90 Å². The van der Waals surface area contributed by atoms with E-state index in [0.29, 0.717) is 17.0 Å². The molecule has 3 rings (SSSR count). The minimum atomic E-state index is -3.72. The number of sulfonamides is 1. The molecule has 6 nitrogen and oxygen atoms in total. The number of primary sulfonamides is 1. The van der Waals surface area contributed by atoms with Crippen LogP contribution in [0.5, 0.6) is 5.75 Å². The average Bonchev–Trinajstić information content (AvgIpc) is 2.52. The van der Waals surface area contributed by atoms with Crippen LogP contribution < -0.4 is 15.2 Å². The molecule has 23 heavy (non-hydrogen) atoms. The van der Waals surface area contributed by atoms with Gasteiger partial charge in [0.05, 0.1) is 10.6 Å². The van der Waals surface area contributed by atoms with Crippen molar-refractivity contribution in [3.63, 3.8) is 0 Å². The molecule has 0 saturated heterocycles. The monoisotopic (exact) mass is 330 g/mol. The van der Waals surface area contributed by atoms with Crippen molar-refractivity contribution in [2.75, 3.05) is 11.9 Å². The molecule has 0 fully saturated rings. The highest BCUT2D eigenvalue weighted by molar-refractivity contribution is 7.89. The highest BCUT2D eigenvalue weighted by Crippen LogP contribution is 2.29. The molecule has 3 N–H and O–H groups in total. The lowest BCUT2D eigenvalue weighted by Crippen LogP contribution is -2.25. The lowest BCUT2D eigenvalue weighted by molar-refractivity contribution is -0.118. The van der Waals surface area contributed by atoms with Crippen LogP contribution in [-0.2, 0) is 14.8 Å². The number of carbonyl (C=O) groups excluding carboxylic acids is 1. The van der Waals surface area contributed by atoms with E-state index in [2.05, 4.69) is 5.32 Å². The lowest BCUT2D eigenvalue weighted by atomic mass is 10.1. The third-order valence-electron chi connectivity index (χ3n) is 3.29. The van der Waals surface area contributed by atoms with Gasteiger partial charge in [0, 0.05) is 0 Å². The Balaban J connectivity index is 1.86. The van der Waals surface area contributed by atoms with Gasteiger partial charge in [-0.15, -0.1) is 0 Å². The van der Waals surface area contributed by atoms with Crippen LogP contribution in [0.15, 0.2) is 47.4 Å². The maximum absolute atomic E-state index is 11.4. The van der Waals surface area contributed by atoms with Crippen LogP contribution in [0.4, 0.5) is 5.69 Å². The Morgan fingerprint density at radius 2 is 1.83 bits per heavy atom. The first kappa shape index (κ1) is 15.3. The van der Waals surface area contributed by atoms with Crippen LogP contribution in [0.1, 0.15) is 11.1 Å². The van der Waals surface area contributed by atoms with Gasteiger partial charge < -0.3 is 10.1 Å².